The van der Waals surface area contributed by atoms with Gasteiger partial charge in [0.25, 0.3) is 0 Å². The SMILES string of the molecule is Cc1cc2c(=O)c(OC(C)C)cn(Cc3c(F)cccc3F)c2s1. The van der Waals surface area contributed by atoms with E-state index in [4.69, 9.17) is 4.74 Å². The second kappa shape index (κ2) is 6.36. The quantitative estimate of drug-likeness (QED) is 0.695. The molecule has 126 valence electrons. The van der Waals surface area contributed by atoms with Gasteiger partial charge in [-0.15, -0.1) is 11.3 Å². The molecular formula is C18H17F2NO2S. The normalized spacial score (nSPS) is 11.4. The zero-order valence-electron chi connectivity index (χ0n) is 13.6. The highest BCUT2D eigenvalue weighted by molar-refractivity contribution is 7.18. The Balaban J connectivity index is 2.19. The third kappa shape index (κ3) is 3.06. The molecule has 2 heterocycles. The van der Waals surface area contributed by atoms with Gasteiger partial charge in [-0.3, -0.25) is 4.79 Å². The standard InChI is InChI=1S/C18H17F2NO2S/c1-10(2)23-16-9-21(8-13-14(19)5-4-6-15(13)20)18-12(17(16)22)7-11(3)24-18/h4-7,9-10H,8H2,1-3H3. The van der Waals surface area contributed by atoms with Crippen LogP contribution in [0.4, 0.5) is 8.78 Å². The second-order valence-corrected chi connectivity index (χ2v) is 7.13. The van der Waals surface area contributed by atoms with Crippen LogP contribution in [-0.4, -0.2) is 10.7 Å². The Morgan fingerprint density at radius 3 is 2.54 bits per heavy atom. The third-order valence-electron chi connectivity index (χ3n) is 3.59. The minimum absolute atomic E-state index is 0.0102. The fraction of sp³-hybridized carbons (Fsp3) is 0.278. The van der Waals surface area contributed by atoms with Crippen LogP contribution in [0.15, 0.2) is 35.3 Å². The Kier molecular flexibility index (Phi) is 4.41. The lowest BCUT2D eigenvalue weighted by Gasteiger charge is -2.14. The van der Waals surface area contributed by atoms with Crippen LogP contribution in [0, 0.1) is 18.6 Å². The molecule has 3 rings (SSSR count). The highest BCUT2D eigenvalue weighted by Gasteiger charge is 2.16. The highest BCUT2D eigenvalue weighted by atomic mass is 32.1. The molecule has 0 bridgehead atoms. The number of aryl methyl sites for hydroxylation is 1. The van der Waals surface area contributed by atoms with Gasteiger partial charge in [-0.25, -0.2) is 8.78 Å². The van der Waals surface area contributed by atoms with E-state index >= 15 is 0 Å². The zero-order valence-corrected chi connectivity index (χ0v) is 14.4. The molecule has 0 amide bonds. The Bertz CT molecular complexity index is 939. The van der Waals surface area contributed by atoms with Gasteiger partial charge in [0.2, 0.25) is 5.43 Å². The summed E-state index contributed by atoms with van der Waals surface area (Å²) in [5.41, 5.74) is -0.239. The Morgan fingerprint density at radius 1 is 1.25 bits per heavy atom. The second-order valence-electron chi connectivity index (χ2n) is 5.89. The predicted octanol–water partition coefficient (Wildman–Crippen LogP) is 4.49. The molecule has 0 radical (unpaired) electrons. The van der Waals surface area contributed by atoms with Crippen molar-refractivity contribution in [2.45, 2.75) is 33.4 Å². The molecule has 3 aromatic rings. The van der Waals surface area contributed by atoms with Crippen molar-refractivity contribution in [2.75, 3.05) is 0 Å². The van der Waals surface area contributed by atoms with Crippen LogP contribution < -0.4 is 10.2 Å². The molecule has 0 atom stereocenters. The number of halogens is 2. The average molecular weight is 349 g/mol. The molecule has 0 aliphatic carbocycles. The summed E-state index contributed by atoms with van der Waals surface area (Å²) in [6.07, 6.45) is 1.36. The molecule has 24 heavy (non-hydrogen) atoms. The van der Waals surface area contributed by atoms with Crippen LogP contribution in [0.1, 0.15) is 24.3 Å². The van der Waals surface area contributed by atoms with Gasteiger partial charge in [0, 0.05) is 10.4 Å². The van der Waals surface area contributed by atoms with Gasteiger partial charge in [0.1, 0.15) is 16.5 Å². The van der Waals surface area contributed by atoms with Crippen LogP contribution >= 0.6 is 11.3 Å². The van der Waals surface area contributed by atoms with Crippen LogP contribution in [0.5, 0.6) is 5.75 Å². The number of hydrogen-bond donors (Lipinski definition) is 0. The maximum atomic E-state index is 14.0. The van der Waals surface area contributed by atoms with Gasteiger partial charge in [0.05, 0.1) is 24.2 Å². The minimum atomic E-state index is -0.610. The molecule has 0 aliphatic heterocycles. The summed E-state index contributed by atoms with van der Waals surface area (Å²) in [6.45, 7) is 5.53. The molecular weight excluding hydrogens is 332 g/mol. The molecule has 0 unspecified atom stereocenters. The van der Waals surface area contributed by atoms with E-state index in [1.165, 1.54) is 35.7 Å². The summed E-state index contributed by atoms with van der Waals surface area (Å²) < 4.78 is 35.2. The van der Waals surface area contributed by atoms with Crippen molar-refractivity contribution >= 4 is 21.6 Å². The zero-order chi connectivity index (χ0) is 17.4. The number of rotatable bonds is 4. The molecule has 1 aromatic carbocycles. The number of thiophene rings is 1. The number of nitrogens with zero attached hydrogens (tertiary/aromatic N) is 1. The first-order chi connectivity index (χ1) is 11.4. The first-order valence-corrected chi connectivity index (χ1v) is 8.41. The summed E-state index contributed by atoms with van der Waals surface area (Å²) in [4.78, 5) is 14.2. The van der Waals surface area contributed by atoms with E-state index in [0.717, 1.165) is 4.88 Å². The van der Waals surface area contributed by atoms with E-state index in [-0.39, 0.29) is 29.4 Å². The van der Waals surface area contributed by atoms with E-state index in [0.29, 0.717) is 10.2 Å². The van der Waals surface area contributed by atoms with Crippen molar-refractivity contribution in [1.29, 1.82) is 0 Å². The van der Waals surface area contributed by atoms with Gasteiger partial charge in [-0.2, -0.15) is 0 Å². The van der Waals surface area contributed by atoms with Gasteiger partial charge in [-0.05, 0) is 39.0 Å². The van der Waals surface area contributed by atoms with Crippen molar-refractivity contribution in [3.8, 4) is 5.75 Å². The average Bonchev–Trinajstić information content (AvgIpc) is 2.89. The smallest absolute Gasteiger partial charge is 0.232 e. The lowest BCUT2D eigenvalue weighted by Crippen LogP contribution is -2.17. The summed E-state index contributed by atoms with van der Waals surface area (Å²) in [6, 6.07) is 5.56. The minimum Gasteiger partial charge on any atom is -0.485 e. The van der Waals surface area contributed by atoms with E-state index in [1.54, 1.807) is 10.6 Å². The largest absolute Gasteiger partial charge is 0.485 e. The summed E-state index contributed by atoms with van der Waals surface area (Å²) in [5.74, 6) is -1.03. The van der Waals surface area contributed by atoms with Gasteiger partial charge < -0.3 is 9.30 Å². The van der Waals surface area contributed by atoms with E-state index in [1.807, 2.05) is 20.8 Å². The van der Waals surface area contributed by atoms with Crippen molar-refractivity contribution in [3.05, 3.63) is 62.8 Å². The molecule has 0 saturated carbocycles. The Labute approximate surface area is 142 Å². The van der Waals surface area contributed by atoms with Crippen molar-refractivity contribution in [2.24, 2.45) is 0 Å². The summed E-state index contributed by atoms with van der Waals surface area (Å²) >= 11 is 1.41. The monoisotopic (exact) mass is 349 g/mol. The van der Waals surface area contributed by atoms with E-state index in [9.17, 15) is 13.6 Å². The number of aromatic nitrogens is 1. The fourth-order valence-electron chi connectivity index (χ4n) is 2.58. The fourth-order valence-corrected chi connectivity index (χ4v) is 3.56. The Hall–Kier alpha value is -2.21. The first-order valence-electron chi connectivity index (χ1n) is 7.60. The Morgan fingerprint density at radius 2 is 1.92 bits per heavy atom. The number of hydrogen-bond acceptors (Lipinski definition) is 3. The third-order valence-corrected chi connectivity index (χ3v) is 4.68. The summed E-state index contributed by atoms with van der Waals surface area (Å²) in [7, 11) is 0. The number of pyridine rings is 1. The van der Waals surface area contributed by atoms with Gasteiger partial charge in [-0.1, -0.05) is 6.07 Å². The number of ether oxygens (including phenoxy) is 1. The molecule has 0 aliphatic rings. The maximum Gasteiger partial charge on any atom is 0.232 e. The molecule has 6 heteroatoms. The molecule has 2 aromatic heterocycles. The van der Waals surface area contributed by atoms with Crippen LogP contribution in [-0.2, 0) is 6.54 Å². The van der Waals surface area contributed by atoms with Crippen molar-refractivity contribution < 1.29 is 13.5 Å². The molecule has 0 N–H and O–H groups in total. The number of benzene rings is 1. The molecule has 0 fully saturated rings. The van der Waals surface area contributed by atoms with Gasteiger partial charge >= 0.3 is 0 Å². The lowest BCUT2D eigenvalue weighted by molar-refractivity contribution is 0.238. The van der Waals surface area contributed by atoms with Crippen molar-refractivity contribution in [1.82, 2.24) is 4.57 Å². The molecule has 3 nitrogen and oxygen atoms in total. The topological polar surface area (TPSA) is 31.2 Å². The summed E-state index contributed by atoms with van der Waals surface area (Å²) in [5, 5.41) is 0.507. The van der Waals surface area contributed by atoms with Crippen LogP contribution in [0.25, 0.3) is 10.2 Å². The highest BCUT2D eigenvalue weighted by Crippen LogP contribution is 2.27. The maximum absolute atomic E-state index is 14.0. The lowest BCUT2D eigenvalue weighted by atomic mass is 10.2. The van der Waals surface area contributed by atoms with E-state index < -0.39 is 11.6 Å². The predicted molar refractivity (Wildman–Crippen MR) is 92.0 cm³/mol. The van der Waals surface area contributed by atoms with Crippen molar-refractivity contribution in [3.63, 3.8) is 0 Å². The number of fused-ring (bicyclic) bond motifs is 1. The van der Waals surface area contributed by atoms with Crippen LogP contribution in [0.3, 0.4) is 0 Å². The van der Waals surface area contributed by atoms with E-state index in [2.05, 4.69) is 0 Å². The first kappa shape index (κ1) is 16.6. The van der Waals surface area contributed by atoms with Gasteiger partial charge in [0.15, 0.2) is 5.75 Å². The molecule has 0 spiro atoms. The molecule has 0 saturated heterocycles. The van der Waals surface area contributed by atoms with Crippen LogP contribution in [0.2, 0.25) is 0 Å².